The number of ketones is 1. The number of carbonyl (C=O) groups is 2. The van der Waals surface area contributed by atoms with Crippen LogP contribution in [0.15, 0.2) is 78.4 Å². The number of hydrogen-bond acceptors (Lipinski definition) is 4. The molecule has 2 N–H and O–H groups in total. The van der Waals surface area contributed by atoms with Crippen LogP contribution in [0.4, 0.5) is 4.79 Å². The third-order valence-electron chi connectivity index (χ3n) is 5.32. The molecule has 7 heteroatoms. The van der Waals surface area contributed by atoms with Crippen LogP contribution in [0.5, 0.6) is 11.5 Å². The van der Waals surface area contributed by atoms with E-state index in [-0.39, 0.29) is 5.78 Å². The Morgan fingerprint density at radius 2 is 1.70 bits per heavy atom. The molecule has 1 atom stereocenters. The van der Waals surface area contributed by atoms with Gasteiger partial charge in [-0.15, -0.1) is 0 Å². The quantitative estimate of drug-likeness (QED) is 0.500. The third-order valence-corrected chi connectivity index (χ3v) is 5.61. The minimum Gasteiger partial charge on any atom is -0.493 e. The molecule has 0 unspecified atom stereocenters. The molecule has 3 aromatic rings. The van der Waals surface area contributed by atoms with Crippen LogP contribution in [-0.4, -0.2) is 18.9 Å². The molecular weight excluding hydrogens is 440 g/mol. The third kappa shape index (κ3) is 4.86. The highest BCUT2D eigenvalue weighted by molar-refractivity contribution is 6.32. The van der Waals surface area contributed by atoms with E-state index in [0.717, 1.165) is 11.1 Å². The van der Waals surface area contributed by atoms with Crippen molar-refractivity contribution < 1.29 is 19.1 Å². The van der Waals surface area contributed by atoms with Crippen LogP contribution < -0.4 is 20.1 Å². The van der Waals surface area contributed by atoms with Crippen molar-refractivity contribution in [1.29, 1.82) is 0 Å². The Kier molecular flexibility index (Phi) is 6.66. The van der Waals surface area contributed by atoms with E-state index in [0.29, 0.717) is 40.0 Å². The summed E-state index contributed by atoms with van der Waals surface area (Å²) in [4.78, 5) is 25.2. The second kappa shape index (κ2) is 9.79. The normalized spacial score (nSPS) is 15.5. The highest BCUT2D eigenvalue weighted by Gasteiger charge is 2.32. The number of hydrogen-bond donors (Lipinski definition) is 2. The molecule has 0 saturated heterocycles. The van der Waals surface area contributed by atoms with E-state index in [4.69, 9.17) is 21.1 Å². The molecule has 1 aliphatic heterocycles. The van der Waals surface area contributed by atoms with Gasteiger partial charge in [0.2, 0.25) is 0 Å². The van der Waals surface area contributed by atoms with Crippen molar-refractivity contribution >= 4 is 29.1 Å². The fourth-order valence-corrected chi connectivity index (χ4v) is 4.08. The lowest BCUT2D eigenvalue weighted by molar-refractivity contribution is -0.113. The lowest BCUT2D eigenvalue weighted by atomic mass is 9.90. The molecule has 0 spiro atoms. The van der Waals surface area contributed by atoms with Gasteiger partial charge >= 0.3 is 6.03 Å². The van der Waals surface area contributed by atoms with Crippen LogP contribution in [-0.2, 0) is 11.4 Å². The molecule has 0 radical (unpaired) electrons. The molecule has 4 rings (SSSR count). The van der Waals surface area contributed by atoms with Gasteiger partial charge < -0.3 is 20.1 Å². The number of nitrogens with one attached hydrogen (secondary N) is 2. The van der Waals surface area contributed by atoms with E-state index in [1.54, 1.807) is 12.1 Å². The fourth-order valence-electron chi connectivity index (χ4n) is 3.80. The average Bonchev–Trinajstić information content (AvgIpc) is 2.83. The van der Waals surface area contributed by atoms with Crippen molar-refractivity contribution in [2.24, 2.45) is 0 Å². The Morgan fingerprint density at radius 1 is 1.03 bits per heavy atom. The Labute approximate surface area is 197 Å². The zero-order valence-corrected chi connectivity index (χ0v) is 19.0. The molecule has 3 aromatic carbocycles. The summed E-state index contributed by atoms with van der Waals surface area (Å²) in [7, 11) is 1.52. The van der Waals surface area contributed by atoms with E-state index in [9.17, 15) is 9.59 Å². The summed E-state index contributed by atoms with van der Waals surface area (Å²) in [5.41, 5.74) is 3.23. The van der Waals surface area contributed by atoms with E-state index in [1.807, 2.05) is 60.7 Å². The van der Waals surface area contributed by atoms with Crippen molar-refractivity contribution in [2.75, 3.05) is 7.11 Å². The van der Waals surface area contributed by atoms with Gasteiger partial charge in [-0.05, 0) is 35.7 Å². The van der Waals surface area contributed by atoms with Gasteiger partial charge in [0, 0.05) is 5.57 Å². The summed E-state index contributed by atoms with van der Waals surface area (Å²) in [6, 6.07) is 21.3. The lowest BCUT2D eigenvalue weighted by Gasteiger charge is -2.30. The van der Waals surface area contributed by atoms with Crippen LogP contribution in [0.3, 0.4) is 0 Å². The monoisotopic (exact) mass is 462 g/mol. The van der Waals surface area contributed by atoms with Gasteiger partial charge in [-0.1, -0.05) is 72.3 Å². The number of Topliss-reactive ketones (excluding diaryl/α,β-unsaturated/α-hetero) is 1. The van der Waals surface area contributed by atoms with Gasteiger partial charge in [-0.3, -0.25) is 4.79 Å². The standard InChI is InChI=1S/C26H23ClN2O4/c1-16(30)22-23(18-11-7-4-8-12-18)28-26(31)29-24(22)19-13-20(27)25(21(14-19)32-2)33-15-17-9-5-3-6-10-17/h3-14,24H,15H2,1-2H3,(H2,28,29,31)/t24-/m1/s1. The average molecular weight is 463 g/mol. The lowest BCUT2D eigenvalue weighted by Crippen LogP contribution is -2.44. The molecule has 0 aliphatic carbocycles. The number of carbonyl (C=O) groups excluding carboxylic acids is 2. The highest BCUT2D eigenvalue weighted by atomic mass is 35.5. The minimum absolute atomic E-state index is 0.175. The molecule has 0 aromatic heterocycles. The molecule has 168 valence electrons. The zero-order chi connectivity index (χ0) is 23.4. The van der Waals surface area contributed by atoms with Crippen LogP contribution in [0.2, 0.25) is 5.02 Å². The van der Waals surface area contributed by atoms with Crippen LogP contribution >= 0.6 is 11.6 Å². The van der Waals surface area contributed by atoms with Gasteiger partial charge in [-0.2, -0.15) is 0 Å². The van der Waals surface area contributed by atoms with Crippen molar-refractivity contribution in [1.82, 2.24) is 10.6 Å². The van der Waals surface area contributed by atoms with Gasteiger partial charge in [0.25, 0.3) is 0 Å². The maximum absolute atomic E-state index is 12.7. The minimum atomic E-state index is -0.707. The number of ether oxygens (including phenoxy) is 2. The van der Waals surface area contributed by atoms with Gasteiger partial charge in [0.1, 0.15) is 6.61 Å². The molecule has 0 saturated carbocycles. The van der Waals surface area contributed by atoms with E-state index >= 15 is 0 Å². The first-order chi connectivity index (χ1) is 16.0. The van der Waals surface area contributed by atoms with Gasteiger partial charge in [0.05, 0.1) is 23.9 Å². The molecule has 0 bridgehead atoms. The summed E-state index contributed by atoms with van der Waals surface area (Å²) in [6.07, 6.45) is 0. The molecule has 1 heterocycles. The summed E-state index contributed by atoms with van der Waals surface area (Å²) < 4.78 is 11.5. The molecule has 33 heavy (non-hydrogen) atoms. The van der Waals surface area contributed by atoms with E-state index in [2.05, 4.69) is 10.6 Å². The van der Waals surface area contributed by atoms with Crippen molar-refractivity contribution in [3.63, 3.8) is 0 Å². The Balaban J connectivity index is 1.74. The predicted octanol–water partition coefficient (Wildman–Crippen LogP) is 5.28. The maximum atomic E-state index is 12.7. The second-order valence-electron chi connectivity index (χ2n) is 7.55. The summed E-state index contributed by atoms with van der Waals surface area (Å²) in [5, 5.41) is 5.93. The zero-order valence-electron chi connectivity index (χ0n) is 18.2. The summed E-state index contributed by atoms with van der Waals surface area (Å²) >= 11 is 6.58. The molecule has 1 aliphatic rings. The fraction of sp³-hybridized carbons (Fsp3) is 0.154. The number of benzene rings is 3. The number of methoxy groups -OCH3 is 1. The van der Waals surface area contributed by atoms with Crippen molar-refractivity contribution in [2.45, 2.75) is 19.6 Å². The maximum Gasteiger partial charge on any atom is 0.320 e. The number of urea groups is 1. The SMILES string of the molecule is COc1cc([C@H]2NC(=O)NC(c3ccccc3)=C2C(C)=O)cc(Cl)c1OCc1ccccc1. The second-order valence-corrected chi connectivity index (χ2v) is 7.96. The van der Waals surface area contributed by atoms with E-state index in [1.165, 1.54) is 14.0 Å². The first kappa shape index (κ1) is 22.4. The van der Waals surface area contributed by atoms with E-state index < -0.39 is 12.1 Å². The van der Waals surface area contributed by atoms with Crippen LogP contribution in [0, 0.1) is 0 Å². The predicted molar refractivity (Wildman–Crippen MR) is 127 cm³/mol. The molecule has 2 amide bonds. The topological polar surface area (TPSA) is 76.7 Å². The van der Waals surface area contributed by atoms with Crippen molar-refractivity contribution in [3.05, 3.63) is 100 Å². The molecule has 6 nitrogen and oxygen atoms in total. The van der Waals surface area contributed by atoms with Crippen molar-refractivity contribution in [3.8, 4) is 11.5 Å². The smallest absolute Gasteiger partial charge is 0.320 e. The summed E-state index contributed by atoms with van der Waals surface area (Å²) in [5.74, 6) is 0.625. The first-order valence-electron chi connectivity index (χ1n) is 10.4. The Morgan fingerprint density at radius 3 is 2.33 bits per heavy atom. The largest absolute Gasteiger partial charge is 0.493 e. The highest BCUT2D eigenvalue weighted by Crippen LogP contribution is 2.41. The number of rotatable bonds is 7. The Bertz CT molecular complexity index is 1210. The Hall–Kier alpha value is -3.77. The van der Waals surface area contributed by atoms with Crippen LogP contribution in [0.25, 0.3) is 5.70 Å². The number of amides is 2. The first-order valence-corrected chi connectivity index (χ1v) is 10.8. The van der Waals surface area contributed by atoms with Gasteiger partial charge in [0.15, 0.2) is 17.3 Å². The molecule has 0 fully saturated rings. The molecular formula is C26H23ClN2O4. The number of halogens is 1. The van der Waals surface area contributed by atoms with Crippen LogP contribution in [0.1, 0.15) is 29.7 Å². The summed E-state index contributed by atoms with van der Waals surface area (Å²) in [6.45, 7) is 1.79. The van der Waals surface area contributed by atoms with Gasteiger partial charge in [-0.25, -0.2) is 4.79 Å².